The molecule has 0 spiro atoms. The third kappa shape index (κ3) is 5.03. The average molecular weight is 329 g/mol. The van der Waals surface area contributed by atoms with Crippen molar-refractivity contribution in [1.29, 1.82) is 0 Å². The van der Waals surface area contributed by atoms with Gasteiger partial charge in [-0.3, -0.25) is 9.59 Å². The van der Waals surface area contributed by atoms with E-state index in [9.17, 15) is 9.59 Å². The fraction of sp³-hybridized carbons (Fsp3) is 0.235. The number of hydrogen-bond donors (Lipinski definition) is 2. The van der Waals surface area contributed by atoms with E-state index in [0.717, 1.165) is 17.0 Å². The molecule has 0 aliphatic rings. The summed E-state index contributed by atoms with van der Waals surface area (Å²) in [6.45, 7) is 3.80. The molecule has 1 aromatic heterocycles. The zero-order valence-electron chi connectivity index (χ0n) is 13.1. The summed E-state index contributed by atoms with van der Waals surface area (Å²) in [6, 6.07) is 10.6. The van der Waals surface area contributed by atoms with Crippen LogP contribution in [0.15, 0.2) is 46.9 Å². The molecule has 0 radical (unpaired) electrons. The number of thiophene rings is 1. The second-order valence-corrected chi connectivity index (χ2v) is 5.94. The van der Waals surface area contributed by atoms with Gasteiger partial charge in [-0.1, -0.05) is 13.0 Å². The van der Waals surface area contributed by atoms with E-state index in [1.807, 2.05) is 31.4 Å². The smallest absolute Gasteiger partial charge is 0.271 e. The van der Waals surface area contributed by atoms with Gasteiger partial charge in [0.05, 0.1) is 5.71 Å². The highest BCUT2D eigenvalue weighted by molar-refractivity contribution is 7.12. The van der Waals surface area contributed by atoms with Crippen LogP contribution < -0.4 is 10.7 Å². The first-order valence-electron chi connectivity index (χ1n) is 7.38. The molecule has 2 amide bonds. The number of benzene rings is 1. The Bertz CT molecular complexity index is 691. The molecule has 0 aliphatic carbocycles. The minimum atomic E-state index is -0.285. The molecule has 6 heteroatoms. The first kappa shape index (κ1) is 16.9. The van der Waals surface area contributed by atoms with Gasteiger partial charge in [-0.2, -0.15) is 5.10 Å². The molecule has 2 N–H and O–H groups in total. The lowest BCUT2D eigenvalue weighted by Crippen LogP contribution is -2.19. The van der Waals surface area contributed by atoms with E-state index in [-0.39, 0.29) is 11.8 Å². The van der Waals surface area contributed by atoms with E-state index in [0.29, 0.717) is 17.7 Å². The van der Waals surface area contributed by atoms with E-state index in [1.165, 1.54) is 0 Å². The first-order valence-corrected chi connectivity index (χ1v) is 8.26. The Morgan fingerprint density at radius 2 is 1.91 bits per heavy atom. The number of hydrogen-bond acceptors (Lipinski definition) is 4. The van der Waals surface area contributed by atoms with Crippen LogP contribution >= 0.6 is 11.3 Å². The summed E-state index contributed by atoms with van der Waals surface area (Å²) in [5.74, 6) is -0.312. The van der Waals surface area contributed by atoms with E-state index >= 15 is 0 Å². The van der Waals surface area contributed by atoms with Gasteiger partial charge in [0.15, 0.2) is 0 Å². The van der Waals surface area contributed by atoms with Crippen LogP contribution in [-0.4, -0.2) is 17.5 Å². The van der Waals surface area contributed by atoms with Crippen molar-refractivity contribution in [2.75, 3.05) is 5.32 Å². The summed E-state index contributed by atoms with van der Waals surface area (Å²) in [4.78, 5) is 24.6. The topological polar surface area (TPSA) is 70.6 Å². The predicted molar refractivity (Wildman–Crippen MR) is 94.0 cm³/mol. The van der Waals surface area contributed by atoms with Crippen LogP contribution in [0, 0.1) is 0 Å². The number of nitrogens with zero attached hydrogens (tertiary/aromatic N) is 1. The van der Waals surface area contributed by atoms with E-state index < -0.39 is 0 Å². The lowest BCUT2D eigenvalue weighted by molar-refractivity contribution is -0.116. The van der Waals surface area contributed by atoms with Gasteiger partial charge in [-0.05, 0) is 49.1 Å². The summed E-state index contributed by atoms with van der Waals surface area (Å²) in [5.41, 5.74) is 4.46. The van der Waals surface area contributed by atoms with Gasteiger partial charge < -0.3 is 5.32 Å². The number of amides is 2. The molecule has 2 rings (SSSR count). The highest BCUT2D eigenvalue weighted by Gasteiger charge is 2.06. The summed E-state index contributed by atoms with van der Waals surface area (Å²) in [5, 5.41) is 8.84. The molecule has 0 aliphatic heterocycles. The van der Waals surface area contributed by atoms with Gasteiger partial charge in [0.2, 0.25) is 5.91 Å². The Balaban J connectivity index is 1.95. The zero-order chi connectivity index (χ0) is 16.7. The number of carbonyl (C=O) groups excluding carboxylic acids is 2. The summed E-state index contributed by atoms with van der Waals surface area (Å²) < 4.78 is 0. The second kappa shape index (κ2) is 8.24. The van der Waals surface area contributed by atoms with Crippen LogP contribution in [0.2, 0.25) is 0 Å². The van der Waals surface area contributed by atoms with Crippen LogP contribution in [0.1, 0.15) is 41.9 Å². The Hall–Kier alpha value is -2.47. The Labute approximate surface area is 139 Å². The molecule has 120 valence electrons. The van der Waals surface area contributed by atoms with Gasteiger partial charge in [0, 0.05) is 22.5 Å². The summed E-state index contributed by atoms with van der Waals surface area (Å²) in [6.07, 6.45) is 1.28. The third-order valence-electron chi connectivity index (χ3n) is 3.11. The molecule has 0 unspecified atom stereocenters. The van der Waals surface area contributed by atoms with Crippen molar-refractivity contribution in [2.24, 2.45) is 5.10 Å². The SMILES string of the molecule is CCCC(=O)Nc1ccc(C(=O)NN=C(C)c2cccs2)cc1. The van der Waals surface area contributed by atoms with Crippen LogP contribution in [0.25, 0.3) is 0 Å². The molecule has 0 saturated carbocycles. The summed E-state index contributed by atoms with van der Waals surface area (Å²) in [7, 11) is 0. The minimum absolute atomic E-state index is 0.0270. The van der Waals surface area contributed by atoms with E-state index in [2.05, 4.69) is 15.8 Å². The lowest BCUT2D eigenvalue weighted by atomic mass is 10.2. The fourth-order valence-electron chi connectivity index (χ4n) is 1.89. The molecule has 0 fully saturated rings. The maximum absolute atomic E-state index is 12.1. The van der Waals surface area contributed by atoms with E-state index in [4.69, 9.17) is 0 Å². The number of anilines is 1. The minimum Gasteiger partial charge on any atom is -0.326 e. The Morgan fingerprint density at radius 3 is 2.52 bits per heavy atom. The zero-order valence-corrected chi connectivity index (χ0v) is 13.9. The van der Waals surface area contributed by atoms with Crippen molar-refractivity contribution in [3.05, 3.63) is 52.2 Å². The van der Waals surface area contributed by atoms with Crippen molar-refractivity contribution >= 4 is 34.6 Å². The molecule has 23 heavy (non-hydrogen) atoms. The van der Waals surface area contributed by atoms with Crippen LogP contribution in [0.4, 0.5) is 5.69 Å². The molecule has 2 aromatic rings. The highest BCUT2D eigenvalue weighted by atomic mass is 32.1. The van der Waals surface area contributed by atoms with Gasteiger partial charge in [0.25, 0.3) is 5.91 Å². The molecule has 1 heterocycles. The van der Waals surface area contributed by atoms with Gasteiger partial charge in [0.1, 0.15) is 0 Å². The van der Waals surface area contributed by atoms with Crippen LogP contribution in [0.3, 0.4) is 0 Å². The lowest BCUT2D eigenvalue weighted by Gasteiger charge is -2.05. The normalized spacial score (nSPS) is 11.1. The first-order chi connectivity index (χ1) is 11.1. The molecule has 0 bridgehead atoms. The third-order valence-corrected chi connectivity index (χ3v) is 4.09. The standard InChI is InChI=1S/C17H19N3O2S/c1-3-5-16(21)18-14-9-7-13(8-10-14)17(22)20-19-12(2)15-6-4-11-23-15/h4,6-11H,3,5H2,1-2H3,(H,18,21)(H,20,22). The Kier molecular flexibility index (Phi) is 6.05. The van der Waals surface area contributed by atoms with Gasteiger partial charge >= 0.3 is 0 Å². The molecule has 5 nitrogen and oxygen atoms in total. The monoisotopic (exact) mass is 329 g/mol. The molecular formula is C17H19N3O2S. The van der Waals surface area contributed by atoms with E-state index in [1.54, 1.807) is 35.6 Å². The maximum atomic E-state index is 12.1. The number of hydrazone groups is 1. The molecule has 1 aromatic carbocycles. The van der Waals surface area contributed by atoms with Crippen molar-refractivity contribution < 1.29 is 9.59 Å². The largest absolute Gasteiger partial charge is 0.326 e. The predicted octanol–water partition coefficient (Wildman–Crippen LogP) is 3.64. The van der Waals surface area contributed by atoms with Crippen molar-refractivity contribution in [2.45, 2.75) is 26.7 Å². The fourth-order valence-corrected chi connectivity index (χ4v) is 2.57. The molecular weight excluding hydrogens is 310 g/mol. The van der Waals surface area contributed by atoms with Crippen molar-refractivity contribution in [3.63, 3.8) is 0 Å². The second-order valence-electron chi connectivity index (χ2n) is 4.99. The maximum Gasteiger partial charge on any atom is 0.271 e. The van der Waals surface area contributed by atoms with Gasteiger partial charge in [-0.25, -0.2) is 5.43 Å². The van der Waals surface area contributed by atoms with Crippen molar-refractivity contribution in [3.8, 4) is 0 Å². The number of carbonyl (C=O) groups is 2. The van der Waals surface area contributed by atoms with Crippen LogP contribution in [-0.2, 0) is 4.79 Å². The summed E-state index contributed by atoms with van der Waals surface area (Å²) >= 11 is 1.57. The number of rotatable bonds is 6. The molecule has 0 atom stereocenters. The van der Waals surface area contributed by atoms with Gasteiger partial charge in [-0.15, -0.1) is 11.3 Å². The average Bonchev–Trinajstić information content (AvgIpc) is 3.07. The highest BCUT2D eigenvalue weighted by Crippen LogP contribution is 2.11. The van der Waals surface area contributed by atoms with Crippen LogP contribution in [0.5, 0.6) is 0 Å². The number of nitrogens with one attached hydrogen (secondary N) is 2. The molecule has 0 saturated heterocycles. The van der Waals surface area contributed by atoms with Crippen molar-refractivity contribution in [1.82, 2.24) is 5.43 Å². The quantitative estimate of drug-likeness (QED) is 0.627. The Morgan fingerprint density at radius 1 is 1.17 bits per heavy atom.